The fourth-order valence-electron chi connectivity index (χ4n) is 3.46. The number of benzene rings is 2. The third-order valence-electron chi connectivity index (χ3n) is 5.10. The number of anilines is 1. The van der Waals surface area contributed by atoms with Crippen LogP contribution in [0.1, 0.15) is 36.3 Å². The normalized spacial score (nSPS) is 12.2. The van der Waals surface area contributed by atoms with Gasteiger partial charge in [0.05, 0.1) is 26.4 Å². The molecule has 0 radical (unpaired) electrons. The second-order valence-electron chi connectivity index (χ2n) is 7.60. The lowest BCUT2D eigenvalue weighted by Gasteiger charge is -2.20. The fourth-order valence-corrected chi connectivity index (χ4v) is 4.20. The van der Waals surface area contributed by atoms with Crippen molar-refractivity contribution in [2.24, 2.45) is 0 Å². The highest BCUT2D eigenvalue weighted by Gasteiger charge is 2.25. The number of para-hydroxylation sites is 1. The summed E-state index contributed by atoms with van der Waals surface area (Å²) in [7, 11) is 4.27. The summed E-state index contributed by atoms with van der Waals surface area (Å²) >= 11 is 1.43. The quantitative estimate of drug-likeness (QED) is 0.519. The van der Waals surface area contributed by atoms with Crippen LogP contribution in [0, 0.1) is 6.92 Å². The number of aryl methyl sites for hydroxylation is 1. The molecule has 0 spiro atoms. The van der Waals surface area contributed by atoms with Gasteiger partial charge in [-0.3, -0.25) is 9.36 Å². The number of rotatable bonds is 9. The number of hydrogen-bond donors (Lipinski definition) is 2. The summed E-state index contributed by atoms with van der Waals surface area (Å²) in [5.74, 6) is 1.20. The molecule has 3 rings (SSSR count). The summed E-state index contributed by atoms with van der Waals surface area (Å²) in [5.41, 5.74) is 3.08. The first-order valence-corrected chi connectivity index (χ1v) is 11.2. The number of carbonyl (C=O) groups is 1. The minimum absolute atomic E-state index is 0.0459. The predicted molar refractivity (Wildman–Crippen MR) is 122 cm³/mol. The van der Waals surface area contributed by atoms with Crippen LogP contribution >= 0.6 is 11.8 Å². The van der Waals surface area contributed by atoms with Crippen molar-refractivity contribution in [2.45, 2.75) is 38.0 Å². The Labute approximate surface area is 182 Å². The fraction of sp³-hybridized carbons (Fsp3) is 0.348. The van der Waals surface area contributed by atoms with Crippen molar-refractivity contribution >= 4 is 23.4 Å². The molecule has 30 heavy (non-hydrogen) atoms. The van der Waals surface area contributed by atoms with E-state index in [0.717, 1.165) is 28.7 Å². The Morgan fingerprint density at radius 3 is 2.47 bits per heavy atom. The zero-order valence-corrected chi connectivity index (χ0v) is 18.9. The Morgan fingerprint density at radius 1 is 1.10 bits per heavy atom. The molecule has 0 aliphatic rings. The van der Waals surface area contributed by atoms with Crippen molar-refractivity contribution in [1.82, 2.24) is 14.8 Å². The molecule has 0 bridgehead atoms. The van der Waals surface area contributed by atoms with Gasteiger partial charge in [-0.15, -0.1) is 10.2 Å². The van der Waals surface area contributed by atoms with E-state index in [1.165, 1.54) is 22.2 Å². The van der Waals surface area contributed by atoms with E-state index in [1.54, 1.807) is 0 Å². The predicted octanol–water partition coefficient (Wildman–Crippen LogP) is 2.96. The maximum absolute atomic E-state index is 12.5. The number of hydrogen-bond acceptors (Lipinski definition) is 4. The van der Waals surface area contributed by atoms with E-state index < -0.39 is 0 Å². The minimum Gasteiger partial charge on any atom is -0.331 e. The Bertz CT molecular complexity index is 971. The van der Waals surface area contributed by atoms with E-state index in [0.29, 0.717) is 6.54 Å². The van der Waals surface area contributed by atoms with Crippen LogP contribution in [-0.2, 0) is 11.3 Å². The highest BCUT2D eigenvalue weighted by Crippen LogP contribution is 2.23. The second-order valence-corrected chi connectivity index (χ2v) is 8.54. The zero-order valence-electron chi connectivity index (χ0n) is 18.1. The SMILES string of the molecule is CC[C@H](c1nnc(SCC(=O)Nc2ccccc2C)n1Cc1ccccc1)[NH+](C)C. The number of quaternary nitrogens is 1. The minimum atomic E-state index is -0.0459. The molecule has 0 aliphatic carbocycles. The van der Waals surface area contributed by atoms with E-state index in [1.807, 2.05) is 49.4 Å². The largest absolute Gasteiger partial charge is 0.331 e. The lowest BCUT2D eigenvalue weighted by molar-refractivity contribution is -0.893. The molecule has 0 fully saturated rings. The molecule has 3 aromatic rings. The Morgan fingerprint density at radius 2 is 1.80 bits per heavy atom. The smallest absolute Gasteiger partial charge is 0.234 e. The molecule has 1 atom stereocenters. The van der Waals surface area contributed by atoms with Gasteiger partial charge in [-0.2, -0.15) is 0 Å². The second kappa shape index (κ2) is 10.4. The molecule has 6 nitrogen and oxygen atoms in total. The van der Waals surface area contributed by atoms with Crippen molar-refractivity contribution in [1.29, 1.82) is 0 Å². The first-order chi connectivity index (χ1) is 14.5. The molecule has 0 saturated heterocycles. The average Bonchev–Trinajstić information content (AvgIpc) is 3.11. The van der Waals surface area contributed by atoms with Gasteiger partial charge in [0.2, 0.25) is 5.91 Å². The lowest BCUT2D eigenvalue weighted by Crippen LogP contribution is -3.06. The van der Waals surface area contributed by atoms with E-state index in [2.05, 4.69) is 53.2 Å². The number of carbonyl (C=O) groups excluding carboxylic acids is 1. The summed E-state index contributed by atoms with van der Waals surface area (Å²) in [6.07, 6.45) is 0.966. The van der Waals surface area contributed by atoms with Crippen molar-refractivity contribution in [3.63, 3.8) is 0 Å². The van der Waals surface area contributed by atoms with Crippen LogP contribution in [-0.4, -0.2) is 40.5 Å². The summed E-state index contributed by atoms with van der Waals surface area (Å²) < 4.78 is 2.15. The van der Waals surface area contributed by atoms with Gasteiger partial charge in [-0.25, -0.2) is 0 Å². The summed E-state index contributed by atoms with van der Waals surface area (Å²) in [6.45, 7) is 4.84. The summed E-state index contributed by atoms with van der Waals surface area (Å²) in [6, 6.07) is 18.3. The molecular formula is C23H30N5OS+. The number of thioether (sulfide) groups is 1. The van der Waals surface area contributed by atoms with Gasteiger partial charge >= 0.3 is 0 Å². The van der Waals surface area contributed by atoms with Gasteiger partial charge in [0, 0.05) is 12.1 Å². The van der Waals surface area contributed by atoms with E-state index in [9.17, 15) is 4.79 Å². The maximum Gasteiger partial charge on any atom is 0.234 e. The maximum atomic E-state index is 12.5. The van der Waals surface area contributed by atoms with E-state index in [4.69, 9.17) is 0 Å². The van der Waals surface area contributed by atoms with Crippen molar-refractivity contribution < 1.29 is 9.69 Å². The van der Waals surface area contributed by atoms with Crippen molar-refractivity contribution in [3.8, 4) is 0 Å². The molecule has 0 saturated carbocycles. The topological polar surface area (TPSA) is 64.2 Å². The molecule has 1 aromatic heterocycles. The standard InChI is InChI=1S/C23H29N5OS/c1-5-20(27(3)4)22-25-26-23(28(22)15-18-12-7-6-8-13-18)30-16-21(29)24-19-14-10-9-11-17(19)2/h6-14,20H,5,15-16H2,1-4H3,(H,24,29)/p+1/t20-/m1/s1. The van der Waals surface area contributed by atoms with Gasteiger partial charge in [-0.05, 0) is 24.1 Å². The third-order valence-corrected chi connectivity index (χ3v) is 6.06. The van der Waals surface area contributed by atoms with Crippen LogP contribution in [0.5, 0.6) is 0 Å². The molecule has 1 heterocycles. The zero-order chi connectivity index (χ0) is 21.5. The van der Waals surface area contributed by atoms with E-state index in [-0.39, 0.29) is 17.7 Å². The average molecular weight is 425 g/mol. The van der Waals surface area contributed by atoms with Crippen molar-refractivity contribution in [3.05, 3.63) is 71.5 Å². The molecule has 1 amide bonds. The Balaban J connectivity index is 1.78. The van der Waals surface area contributed by atoms with Crippen LogP contribution in [0.25, 0.3) is 0 Å². The number of nitrogens with one attached hydrogen (secondary N) is 2. The number of amides is 1. The molecule has 0 unspecified atom stereocenters. The van der Waals surface area contributed by atoms with Gasteiger partial charge in [0.15, 0.2) is 11.0 Å². The summed E-state index contributed by atoms with van der Waals surface area (Å²) in [5, 5.41) is 12.7. The van der Waals surface area contributed by atoms with Gasteiger partial charge in [0.1, 0.15) is 6.04 Å². The first-order valence-electron chi connectivity index (χ1n) is 10.2. The molecular weight excluding hydrogens is 394 g/mol. The van der Waals surface area contributed by atoms with Crippen LogP contribution in [0.3, 0.4) is 0 Å². The van der Waals surface area contributed by atoms with E-state index >= 15 is 0 Å². The third kappa shape index (κ3) is 5.49. The van der Waals surface area contributed by atoms with Gasteiger partial charge < -0.3 is 10.2 Å². The highest BCUT2D eigenvalue weighted by atomic mass is 32.2. The molecule has 2 N–H and O–H groups in total. The summed E-state index contributed by atoms with van der Waals surface area (Å²) in [4.78, 5) is 13.8. The van der Waals surface area contributed by atoms with Crippen molar-refractivity contribution in [2.75, 3.05) is 25.2 Å². The van der Waals surface area contributed by atoms with Crippen LogP contribution in [0.2, 0.25) is 0 Å². The first kappa shape index (κ1) is 22.1. The molecule has 158 valence electrons. The van der Waals surface area contributed by atoms with Crippen LogP contribution in [0.4, 0.5) is 5.69 Å². The van der Waals surface area contributed by atoms with Gasteiger partial charge in [0.25, 0.3) is 0 Å². The highest BCUT2D eigenvalue weighted by molar-refractivity contribution is 7.99. The Hall–Kier alpha value is -2.64. The monoisotopic (exact) mass is 424 g/mol. The van der Waals surface area contributed by atoms with Crippen LogP contribution < -0.4 is 10.2 Å². The van der Waals surface area contributed by atoms with Gasteiger partial charge in [-0.1, -0.05) is 67.2 Å². The Kier molecular flexibility index (Phi) is 7.65. The lowest BCUT2D eigenvalue weighted by atomic mass is 10.2. The molecule has 2 aromatic carbocycles. The molecule has 0 aliphatic heterocycles. The number of nitrogens with zero attached hydrogens (tertiary/aromatic N) is 3. The molecule has 7 heteroatoms. The number of aromatic nitrogens is 3. The van der Waals surface area contributed by atoms with Crippen LogP contribution in [0.15, 0.2) is 59.8 Å².